The van der Waals surface area contributed by atoms with Crippen molar-refractivity contribution in [2.24, 2.45) is 28.1 Å². The van der Waals surface area contributed by atoms with Crippen LogP contribution in [0.25, 0.3) is 0 Å². The Bertz CT molecular complexity index is 604. The number of ketones is 1. The lowest BCUT2D eigenvalue weighted by atomic mass is 9.45. The van der Waals surface area contributed by atoms with Crippen LogP contribution in [-0.4, -0.2) is 16.9 Å². The first kappa shape index (κ1) is 16.5. The van der Waals surface area contributed by atoms with Crippen LogP contribution in [0.5, 0.6) is 0 Å². The highest BCUT2D eigenvalue weighted by molar-refractivity contribution is 5.98. The van der Waals surface area contributed by atoms with Gasteiger partial charge in [0, 0.05) is 11.8 Å². The summed E-state index contributed by atoms with van der Waals surface area (Å²) in [6.45, 7) is 10.2. The number of aliphatic carboxylic acids is 1. The Balaban J connectivity index is 2.07. The third-order valence-corrected chi connectivity index (χ3v) is 7.27. The van der Waals surface area contributed by atoms with E-state index in [0.717, 1.165) is 31.3 Å². The Morgan fingerprint density at radius 2 is 2.00 bits per heavy atom. The monoisotopic (exact) mass is 316 g/mol. The molecule has 2 fully saturated rings. The van der Waals surface area contributed by atoms with E-state index < -0.39 is 11.4 Å². The molecule has 3 nitrogen and oxygen atoms in total. The van der Waals surface area contributed by atoms with Gasteiger partial charge in [-0.3, -0.25) is 9.59 Å². The molecule has 0 spiro atoms. The van der Waals surface area contributed by atoms with Gasteiger partial charge in [-0.15, -0.1) is 6.58 Å². The van der Waals surface area contributed by atoms with Gasteiger partial charge in [0.15, 0.2) is 5.78 Å². The minimum atomic E-state index is -0.770. The summed E-state index contributed by atoms with van der Waals surface area (Å²) in [6, 6.07) is 0. The van der Waals surface area contributed by atoms with Crippen LogP contribution in [0.2, 0.25) is 0 Å². The molecule has 0 radical (unpaired) electrons. The number of hydrogen-bond acceptors (Lipinski definition) is 2. The van der Waals surface area contributed by atoms with Crippen LogP contribution in [0, 0.1) is 28.1 Å². The quantitative estimate of drug-likeness (QED) is 0.769. The first-order chi connectivity index (χ1) is 10.7. The highest BCUT2D eigenvalue weighted by Gasteiger charge is 2.60. The minimum absolute atomic E-state index is 0.0519. The lowest BCUT2D eigenvalue weighted by Gasteiger charge is -2.58. The second-order valence-corrected chi connectivity index (χ2v) is 8.66. The van der Waals surface area contributed by atoms with Crippen molar-refractivity contribution in [3.8, 4) is 0 Å². The Labute approximate surface area is 138 Å². The van der Waals surface area contributed by atoms with Crippen molar-refractivity contribution in [3.05, 3.63) is 24.3 Å². The summed E-state index contributed by atoms with van der Waals surface area (Å²) >= 11 is 0. The molecule has 0 aromatic rings. The van der Waals surface area contributed by atoms with Crippen LogP contribution in [-0.2, 0) is 9.59 Å². The fourth-order valence-electron chi connectivity index (χ4n) is 5.61. The van der Waals surface area contributed by atoms with Crippen molar-refractivity contribution >= 4 is 11.8 Å². The van der Waals surface area contributed by atoms with Gasteiger partial charge in [0.25, 0.3) is 0 Å². The lowest BCUT2D eigenvalue weighted by Crippen LogP contribution is -2.56. The Morgan fingerprint density at radius 1 is 1.30 bits per heavy atom. The van der Waals surface area contributed by atoms with Gasteiger partial charge in [0.05, 0.1) is 5.41 Å². The standard InChI is InChI=1S/C20H28O3/c1-5-18(2)10-7-14-13(12-18)15(21)11-16-19(14,3)8-6-9-20(16,4)17(22)23/h5,12,14,16H,1,6-11H2,2-4H3,(H,22,23)/t14-,16+,18+,19?,20-/m1/s1. The van der Waals surface area contributed by atoms with Gasteiger partial charge in [-0.05, 0) is 55.4 Å². The van der Waals surface area contributed by atoms with E-state index in [0.29, 0.717) is 12.8 Å². The molecule has 3 rings (SSSR count). The van der Waals surface area contributed by atoms with Crippen molar-refractivity contribution in [1.29, 1.82) is 0 Å². The van der Waals surface area contributed by atoms with Gasteiger partial charge in [-0.25, -0.2) is 0 Å². The molecular formula is C20H28O3. The highest BCUT2D eigenvalue weighted by atomic mass is 16.4. The summed E-state index contributed by atoms with van der Waals surface area (Å²) in [5.74, 6) is -0.412. The molecule has 23 heavy (non-hydrogen) atoms. The van der Waals surface area contributed by atoms with E-state index in [2.05, 4.69) is 26.5 Å². The second-order valence-electron chi connectivity index (χ2n) is 8.66. The van der Waals surface area contributed by atoms with Crippen molar-refractivity contribution in [2.75, 3.05) is 0 Å². The van der Waals surface area contributed by atoms with Gasteiger partial charge in [-0.2, -0.15) is 0 Å². The highest BCUT2D eigenvalue weighted by Crippen LogP contribution is 2.63. The minimum Gasteiger partial charge on any atom is -0.481 e. The molecule has 2 saturated carbocycles. The predicted molar refractivity (Wildman–Crippen MR) is 89.9 cm³/mol. The van der Waals surface area contributed by atoms with E-state index in [4.69, 9.17) is 0 Å². The van der Waals surface area contributed by atoms with Crippen LogP contribution in [0.4, 0.5) is 0 Å². The topological polar surface area (TPSA) is 54.4 Å². The fourth-order valence-corrected chi connectivity index (χ4v) is 5.61. The van der Waals surface area contributed by atoms with Gasteiger partial charge in [0.2, 0.25) is 0 Å². The molecule has 0 aromatic carbocycles. The van der Waals surface area contributed by atoms with E-state index in [1.54, 1.807) is 0 Å². The summed E-state index contributed by atoms with van der Waals surface area (Å²) < 4.78 is 0. The zero-order chi connectivity index (χ0) is 17.0. The number of fused-ring (bicyclic) bond motifs is 3. The molecule has 0 heterocycles. The van der Waals surface area contributed by atoms with Gasteiger partial charge >= 0.3 is 5.97 Å². The summed E-state index contributed by atoms with van der Waals surface area (Å²) in [5.41, 5.74) is 0.00301. The van der Waals surface area contributed by atoms with Crippen LogP contribution in [0.15, 0.2) is 24.3 Å². The molecule has 1 unspecified atom stereocenters. The summed E-state index contributed by atoms with van der Waals surface area (Å²) in [7, 11) is 0. The molecule has 0 aromatic heterocycles. The van der Waals surface area contributed by atoms with Gasteiger partial charge in [0.1, 0.15) is 0 Å². The van der Waals surface area contributed by atoms with Gasteiger partial charge < -0.3 is 5.11 Å². The Morgan fingerprint density at radius 3 is 2.61 bits per heavy atom. The zero-order valence-electron chi connectivity index (χ0n) is 14.5. The third kappa shape index (κ3) is 2.23. The molecule has 3 heteroatoms. The summed E-state index contributed by atoms with van der Waals surface area (Å²) in [5, 5.41) is 9.82. The van der Waals surface area contributed by atoms with E-state index in [1.165, 1.54) is 0 Å². The largest absolute Gasteiger partial charge is 0.481 e. The second kappa shape index (κ2) is 5.06. The number of carbonyl (C=O) groups is 2. The zero-order valence-corrected chi connectivity index (χ0v) is 14.5. The maximum atomic E-state index is 12.8. The maximum absolute atomic E-state index is 12.8. The average molecular weight is 316 g/mol. The predicted octanol–water partition coefficient (Wildman–Crippen LogP) is 4.39. The number of carbonyl (C=O) groups excluding carboxylic acids is 1. The summed E-state index contributed by atoms with van der Waals surface area (Å²) in [6.07, 6.45) is 9.06. The van der Waals surface area contributed by atoms with Crippen molar-refractivity contribution < 1.29 is 14.7 Å². The number of carboxylic acids is 1. The molecular weight excluding hydrogens is 288 g/mol. The normalized spacial score (nSPS) is 46.4. The number of rotatable bonds is 2. The summed E-state index contributed by atoms with van der Waals surface area (Å²) in [4.78, 5) is 24.8. The molecule has 126 valence electrons. The lowest BCUT2D eigenvalue weighted by molar-refractivity contribution is -0.165. The Hall–Kier alpha value is -1.38. The van der Waals surface area contributed by atoms with Crippen LogP contribution in [0.3, 0.4) is 0 Å². The smallest absolute Gasteiger partial charge is 0.309 e. The molecule has 3 aliphatic rings. The molecule has 5 atom stereocenters. The number of allylic oxidation sites excluding steroid dienone is 3. The van der Waals surface area contributed by atoms with E-state index in [1.807, 2.05) is 13.0 Å². The average Bonchev–Trinajstić information content (AvgIpc) is 2.50. The first-order valence-electron chi connectivity index (χ1n) is 8.79. The third-order valence-electron chi connectivity index (χ3n) is 7.27. The van der Waals surface area contributed by atoms with Crippen LogP contribution >= 0.6 is 0 Å². The van der Waals surface area contributed by atoms with E-state index >= 15 is 0 Å². The maximum Gasteiger partial charge on any atom is 0.309 e. The molecule has 0 bridgehead atoms. The number of carboxylic acid groups (broad SMARTS) is 1. The Kier molecular flexibility index (Phi) is 3.62. The van der Waals surface area contributed by atoms with Crippen molar-refractivity contribution in [3.63, 3.8) is 0 Å². The molecule has 0 saturated heterocycles. The van der Waals surface area contributed by atoms with E-state index in [9.17, 15) is 14.7 Å². The van der Waals surface area contributed by atoms with E-state index in [-0.39, 0.29) is 28.4 Å². The van der Waals surface area contributed by atoms with Crippen LogP contribution in [0.1, 0.15) is 59.3 Å². The SMILES string of the molecule is C=C[C@]1(C)C=C2C(=O)C[C@H]3C(C)(CCC[C@@]3(C)C(=O)O)[C@@H]2CC1. The molecule has 1 N–H and O–H groups in total. The fraction of sp³-hybridized carbons (Fsp3) is 0.700. The molecule has 0 aliphatic heterocycles. The van der Waals surface area contributed by atoms with Crippen LogP contribution < -0.4 is 0 Å². The van der Waals surface area contributed by atoms with Gasteiger partial charge in [-0.1, -0.05) is 32.4 Å². The van der Waals surface area contributed by atoms with Crippen molar-refractivity contribution in [1.82, 2.24) is 0 Å². The molecule has 3 aliphatic carbocycles. The molecule has 0 amide bonds. The number of Topliss-reactive ketones (excluding diaryl/α,β-unsaturated/α-hetero) is 1. The number of hydrogen-bond donors (Lipinski definition) is 1. The first-order valence-corrected chi connectivity index (χ1v) is 8.79. The van der Waals surface area contributed by atoms with Crippen molar-refractivity contribution in [2.45, 2.75) is 59.3 Å².